The number of hydrogen-bond acceptors (Lipinski definition) is 0. The Bertz CT molecular complexity index is 319. The zero-order valence-corrected chi connectivity index (χ0v) is 12.7. The molecule has 0 saturated heterocycles. The Morgan fingerprint density at radius 3 is 2.25 bits per heavy atom. The molecule has 0 aromatic rings. The van der Waals surface area contributed by atoms with Gasteiger partial charge in [0.2, 0.25) is 0 Å². The van der Waals surface area contributed by atoms with Crippen LogP contribution >= 0.6 is 69.6 Å². The largest absolute Gasteiger partial charge is 0.141 e. The summed E-state index contributed by atoms with van der Waals surface area (Å²) < 4.78 is -0.964. The third-order valence-electron chi connectivity index (χ3n) is 3.93. The van der Waals surface area contributed by atoms with E-state index in [4.69, 9.17) is 69.6 Å². The first-order chi connectivity index (χ1) is 7.45. The average molecular weight is 343 g/mol. The Morgan fingerprint density at radius 1 is 1.25 bits per heavy atom. The van der Waals surface area contributed by atoms with E-state index in [1.807, 2.05) is 0 Å². The molecule has 0 spiro atoms. The molecule has 0 aliphatic heterocycles. The van der Waals surface area contributed by atoms with Gasteiger partial charge in [0.15, 0.2) is 0 Å². The quantitative estimate of drug-likeness (QED) is 0.619. The molecule has 2 aliphatic carbocycles. The average Bonchev–Trinajstić information content (AvgIpc) is 2.72. The van der Waals surface area contributed by atoms with Gasteiger partial charge in [0.25, 0.3) is 0 Å². The molecule has 2 rings (SSSR count). The third-order valence-corrected chi connectivity index (χ3v) is 6.99. The second-order valence-corrected chi connectivity index (χ2v) is 7.13. The normalized spacial score (nSPS) is 41.9. The van der Waals surface area contributed by atoms with Gasteiger partial charge in [-0.05, 0) is 17.9 Å². The van der Waals surface area contributed by atoms with Gasteiger partial charge in [-0.1, -0.05) is 34.8 Å². The minimum absolute atomic E-state index is 0.0432. The minimum Gasteiger partial charge on any atom is -0.126 e. The van der Waals surface area contributed by atoms with E-state index in [2.05, 4.69) is 0 Å². The van der Waals surface area contributed by atoms with Gasteiger partial charge in [-0.2, -0.15) is 0 Å². The molecule has 0 N–H and O–H groups in total. The smallest absolute Gasteiger partial charge is 0.126 e. The maximum Gasteiger partial charge on any atom is 0.141 e. The Morgan fingerprint density at radius 2 is 1.81 bits per heavy atom. The molecule has 0 heterocycles. The molecule has 0 amide bonds. The van der Waals surface area contributed by atoms with Gasteiger partial charge in [-0.3, -0.25) is 0 Å². The topological polar surface area (TPSA) is 0 Å². The molecule has 2 fully saturated rings. The van der Waals surface area contributed by atoms with Crippen LogP contribution in [-0.2, 0) is 0 Å². The van der Waals surface area contributed by atoms with Crippen molar-refractivity contribution in [1.29, 1.82) is 0 Å². The first-order valence-corrected chi connectivity index (χ1v) is 7.60. The van der Waals surface area contributed by atoms with E-state index in [0.717, 1.165) is 12.0 Å². The van der Waals surface area contributed by atoms with E-state index in [1.165, 1.54) is 5.54 Å². The lowest BCUT2D eigenvalue weighted by atomic mass is 9.72. The highest BCUT2D eigenvalue weighted by Crippen LogP contribution is 2.68. The molecule has 0 aromatic heterocycles. The monoisotopic (exact) mass is 340 g/mol. The van der Waals surface area contributed by atoms with E-state index in [0.29, 0.717) is 11.8 Å². The number of fused-ring (bicyclic) bond motifs is 2. The first kappa shape index (κ1) is 13.9. The number of allylic oxidation sites excluding steroid dienone is 1. The SMILES string of the molecule is Cl/C=C1\C2C[C@H]([C@H](Cl)C2(Cl)Cl)C1(CCl)CCl. The summed E-state index contributed by atoms with van der Waals surface area (Å²) in [6.07, 6.45) is 0.805. The van der Waals surface area contributed by atoms with Crippen LogP contribution in [0, 0.1) is 17.3 Å². The Balaban J connectivity index is 2.48. The fourth-order valence-electron chi connectivity index (χ4n) is 2.96. The molecule has 1 unspecified atom stereocenters. The van der Waals surface area contributed by atoms with Gasteiger partial charge in [0.1, 0.15) is 4.33 Å². The van der Waals surface area contributed by atoms with Crippen molar-refractivity contribution in [3.05, 3.63) is 11.1 Å². The van der Waals surface area contributed by atoms with Gasteiger partial charge in [0.05, 0.1) is 5.38 Å². The third kappa shape index (κ3) is 1.57. The van der Waals surface area contributed by atoms with Crippen LogP contribution in [0.25, 0.3) is 0 Å². The molecule has 92 valence electrons. The summed E-state index contributed by atoms with van der Waals surface area (Å²) in [7, 11) is 0. The van der Waals surface area contributed by atoms with Gasteiger partial charge in [-0.25, -0.2) is 0 Å². The van der Waals surface area contributed by atoms with Crippen LogP contribution in [0.3, 0.4) is 0 Å². The van der Waals surface area contributed by atoms with Crippen LogP contribution in [0.5, 0.6) is 0 Å². The van der Waals surface area contributed by atoms with E-state index >= 15 is 0 Å². The van der Waals surface area contributed by atoms with Crippen LogP contribution in [0.2, 0.25) is 0 Å². The minimum atomic E-state index is -0.964. The molecule has 0 nitrogen and oxygen atoms in total. The summed E-state index contributed by atoms with van der Waals surface area (Å²) in [4.78, 5) is 0. The number of alkyl halides is 5. The molecular weight excluding hydrogens is 333 g/mol. The summed E-state index contributed by atoms with van der Waals surface area (Å²) in [5.41, 5.74) is 2.12. The second-order valence-electron chi connectivity index (χ2n) is 4.46. The summed E-state index contributed by atoms with van der Waals surface area (Å²) >= 11 is 36.9. The van der Waals surface area contributed by atoms with Crippen LogP contribution in [0.15, 0.2) is 11.1 Å². The Labute approximate surface area is 125 Å². The molecule has 2 bridgehead atoms. The van der Waals surface area contributed by atoms with Crippen molar-refractivity contribution in [2.24, 2.45) is 17.3 Å². The molecule has 6 heteroatoms. The lowest BCUT2D eigenvalue weighted by Gasteiger charge is -2.43. The number of halogens is 6. The van der Waals surface area contributed by atoms with Gasteiger partial charge < -0.3 is 0 Å². The van der Waals surface area contributed by atoms with Crippen LogP contribution in [0.1, 0.15) is 6.42 Å². The first-order valence-electron chi connectivity index (χ1n) is 4.90. The molecule has 0 aromatic carbocycles. The van der Waals surface area contributed by atoms with Crippen molar-refractivity contribution in [3.8, 4) is 0 Å². The molecule has 0 radical (unpaired) electrons. The molecule has 2 saturated carbocycles. The standard InChI is InChI=1S/C10H10Cl6/c11-2-7-5-1-6(8(14)10(5,15)16)9(7,3-12)4-13/h2,5-6,8H,1,3-4H2/b7-2+/t5?,6-,8+/m1/s1. The van der Waals surface area contributed by atoms with E-state index < -0.39 is 4.33 Å². The van der Waals surface area contributed by atoms with Crippen LogP contribution in [0.4, 0.5) is 0 Å². The lowest BCUT2D eigenvalue weighted by Crippen LogP contribution is -2.47. The maximum atomic E-state index is 6.31. The van der Waals surface area contributed by atoms with Gasteiger partial charge in [0, 0.05) is 28.6 Å². The van der Waals surface area contributed by atoms with E-state index in [-0.39, 0.29) is 22.6 Å². The van der Waals surface area contributed by atoms with E-state index in [9.17, 15) is 0 Å². The highest BCUT2D eigenvalue weighted by molar-refractivity contribution is 6.53. The van der Waals surface area contributed by atoms with E-state index in [1.54, 1.807) is 0 Å². The van der Waals surface area contributed by atoms with Crippen LogP contribution < -0.4 is 0 Å². The highest BCUT2D eigenvalue weighted by Gasteiger charge is 2.67. The van der Waals surface area contributed by atoms with Gasteiger partial charge >= 0.3 is 0 Å². The molecular formula is C10H10Cl6. The summed E-state index contributed by atoms with van der Waals surface area (Å²) in [6.45, 7) is 0. The molecule has 2 aliphatic rings. The highest BCUT2D eigenvalue weighted by atomic mass is 35.5. The van der Waals surface area contributed by atoms with Crippen molar-refractivity contribution in [2.45, 2.75) is 16.1 Å². The van der Waals surface area contributed by atoms with Gasteiger partial charge in [-0.15, -0.1) is 34.8 Å². The zero-order valence-electron chi connectivity index (χ0n) is 8.20. The van der Waals surface area contributed by atoms with Crippen molar-refractivity contribution in [1.82, 2.24) is 0 Å². The predicted molar refractivity (Wildman–Crippen MR) is 73.5 cm³/mol. The summed E-state index contributed by atoms with van der Waals surface area (Å²) in [5.74, 6) is 0.833. The zero-order chi connectivity index (χ0) is 12.1. The molecule has 16 heavy (non-hydrogen) atoms. The van der Waals surface area contributed by atoms with Crippen LogP contribution in [-0.4, -0.2) is 21.5 Å². The number of hydrogen-bond donors (Lipinski definition) is 0. The second kappa shape index (κ2) is 4.54. The summed E-state index contributed by atoms with van der Waals surface area (Å²) in [5, 5.41) is -0.335. The Kier molecular flexibility index (Phi) is 3.95. The lowest BCUT2D eigenvalue weighted by molar-refractivity contribution is 0.297. The fourth-order valence-corrected chi connectivity index (χ4v) is 5.54. The van der Waals surface area contributed by atoms with Crippen molar-refractivity contribution >= 4 is 69.6 Å². The number of rotatable bonds is 2. The van der Waals surface area contributed by atoms with Crippen molar-refractivity contribution < 1.29 is 0 Å². The fraction of sp³-hybridized carbons (Fsp3) is 0.800. The molecule has 3 atom stereocenters. The Hall–Kier alpha value is 1.48. The summed E-state index contributed by atoms with van der Waals surface area (Å²) in [6, 6.07) is 0. The van der Waals surface area contributed by atoms with Crippen molar-refractivity contribution in [3.63, 3.8) is 0 Å². The maximum absolute atomic E-state index is 6.31. The van der Waals surface area contributed by atoms with Crippen molar-refractivity contribution in [2.75, 3.05) is 11.8 Å². The predicted octanol–water partition coefficient (Wildman–Crippen LogP) is 5.00.